The molecule has 0 spiro atoms. The third kappa shape index (κ3) is 4.59. The van der Waals surface area contributed by atoms with Crippen molar-refractivity contribution in [1.29, 1.82) is 0 Å². The molecule has 1 heterocycles. The van der Waals surface area contributed by atoms with Gasteiger partial charge in [-0.15, -0.1) is 0 Å². The lowest BCUT2D eigenvalue weighted by Crippen LogP contribution is -2.33. The van der Waals surface area contributed by atoms with E-state index in [0.29, 0.717) is 36.5 Å². The molecule has 0 radical (unpaired) electrons. The largest absolute Gasteiger partial charge is 0.496 e. The Labute approximate surface area is 203 Å². The molecule has 0 fully saturated rings. The molecule has 0 saturated carbocycles. The van der Waals surface area contributed by atoms with Gasteiger partial charge >= 0.3 is 6.09 Å². The van der Waals surface area contributed by atoms with Gasteiger partial charge in [0.15, 0.2) is 0 Å². The number of carbonyl (C=O) groups is 1. The van der Waals surface area contributed by atoms with Gasteiger partial charge in [0.05, 0.1) is 18.7 Å². The van der Waals surface area contributed by atoms with E-state index in [2.05, 4.69) is 4.57 Å². The molecule has 176 valence electrons. The molecular weight excluding hydrogens is 455 g/mol. The Morgan fingerprint density at radius 1 is 1.03 bits per heavy atom. The molecule has 0 saturated heterocycles. The zero-order chi connectivity index (χ0) is 24.2. The predicted molar refractivity (Wildman–Crippen MR) is 133 cm³/mol. The second-order valence-electron chi connectivity index (χ2n) is 7.80. The molecule has 1 amide bonds. The Balaban J connectivity index is 1.84. The van der Waals surface area contributed by atoms with Gasteiger partial charge in [0.2, 0.25) is 0 Å². The van der Waals surface area contributed by atoms with E-state index >= 15 is 0 Å². The van der Waals surface area contributed by atoms with Crippen molar-refractivity contribution in [3.8, 4) is 22.6 Å². The first-order valence-electron chi connectivity index (χ1n) is 11.1. The van der Waals surface area contributed by atoms with Crippen LogP contribution in [0.3, 0.4) is 0 Å². The molecule has 0 bridgehead atoms. The van der Waals surface area contributed by atoms with Crippen LogP contribution >= 0.6 is 11.6 Å². The number of halogens is 2. The van der Waals surface area contributed by atoms with Gasteiger partial charge in [0, 0.05) is 41.3 Å². The number of carbonyl (C=O) groups excluding carboxylic acids is 1. The lowest BCUT2D eigenvalue weighted by Gasteiger charge is -2.20. The van der Waals surface area contributed by atoms with Crippen LogP contribution in [0.5, 0.6) is 11.5 Å². The van der Waals surface area contributed by atoms with E-state index in [1.807, 2.05) is 56.4 Å². The molecule has 0 aliphatic heterocycles. The van der Waals surface area contributed by atoms with Gasteiger partial charge in [0.25, 0.3) is 0 Å². The van der Waals surface area contributed by atoms with Crippen molar-refractivity contribution < 1.29 is 18.7 Å². The van der Waals surface area contributed by atoms with E-state index in [1.165, 1.54) is 6.07 Å². The number of rotatable bonds is 7. The molecule has 4 rings (SSSR count). The minimum absolute atomic E-state index is 0.00368. The van der Waals surface area contributed by atoms with Crippen molar-refractivity contribution in [2.75, 3.05) is 20.2 Å². The molecule has 0 aliphatic carbocycles. The maximum Gasteiger partial charge on any atom is 0.415 e. The Kier molecular flexibility index (Phi) is 7.08. The topological polar surface area (TPSA) is 43.7 Å². The Morgan fingerprint density at radius 3 is 2.50 bits per heavy atom. The maximum atomic E-state index is 13.9. The van der Waals surface area contributed by atoms with Crippen LogP contribution in [0.2, 0.25) is 5.02 Å². The summed E-state index contributed by atoms with van der Waals surface area (Å²) in [6.45, 7) is 5.45. The second kappa shape index (κ2) is 10.2. The Bertz CT molecular complexity index is 1330. The molecule has 34 heavy (non-hydrogen) atoms. The molecule has 3 aromatic carbocycles. The quantitative estimate of drug-likeness (QED) is 0.286. The highest BCUT2D eigenvalue weighted by molar-refractivity contribution is 6.31. The van der Waals surface area contributed by atoms with Crippen molar-refractivity contribution in [3.05, 3.63) is 83.3 Å². The highest BCUT2D eigenvalue weighted by atomic mass is 35.5. The zero-order valence-corrected chi connectivity index (χ0v) is 20.1. The predicted octanol–water partition coefficient (Wildman–Crippen LogP) is 7.00. The molecule has 0 atom stereocenters. The van der Waals surface area contributed by atoms with E-state index in [-0.39, 0.29) is 5.02 Å². The number of amides is 1. The number of nitrogens with zero attached hydrogens (tertiary/aromatic N) is 2. The van der Waals surface area contributed by atoms with Crippen LogP contribution in [0, 0.1) is 5.82 Å². The molecule has 7 heteroatoms. The van der Waals surface area contributed by atoms with Crippen LogP contribution in [0.15, 0.2) is 66.9 Å². The summed E-state index contributed by atoms with van der Waals surface area (Å²) in [4.78, 5) is 14.3. The summed E-state index contributed by atoms with van der Waals surface area (Å²) in [6, 6.07) is 18.0. The van der Waals surface area contributed by atoms with Crippen LogP contribution in [-0.2, 0) is 6.54 Å². The van der Waals surface area contributed by atoms with Gasteiger partial charge < -0.3 is 18.9 Å². The van der Waals surface area contributed by atoms with Crippen molar-refractivity contribution in [2.24, 2.45) is 0 Å². The van der Waals surface area contributed by atoms with Crippen molar-refractivity contribution >= 4 is 28.6 Å². The number of ether oxygens (including phenoxy) is 2. The normalized spacial score (nSPS) is 11.0. The third-order valence-electron chi connectivity index (χ3n) is 5.88. The van der Waals surface area contributed by atoms with Crippen LogP contribution in [0.25, 0.3) is 22.0 Å². The first kappa shape index (κ1) is 23.6. The van der Waals surface area contributed by atoms with Crippen LogP contribution in [-0.4, -0.2) is 35.8 Å². The SMILES string of the molecule is CCN(CC)C(=O)Oc1ccc2c(ccn2Cc2ccccc2OC)c1-c1ccc(F)c(Cl)c1. The van der Waals surface area contributed by atoms with Crippen molar-refractivity contribution in [3.63, 3.8) is 0 Å². The summed E-state index contributed by atoms with van der Waals surface area (Å²) >= 11 is 6.10. The average molecular weight is 481 g/mol. The number of aromatic nitrogens is 1. The summed E-state index contributed by atoms with van der Waals surface area (Å²) in [5.74, 6) is 0.690. The van der Waals surface area contributed by atoms with E-state index in [4.69, 9.17) is 21.1 Å². The average Bonchev–Trinajstić information content (AvgIpc) is 3.24. The number of fused-ring (bicyclic) bond motifs is 1. The van der Waals surface area contributed by atoms with Crippen molar-refractivity contribution in [1.82, 2.24) is 9.47 Å². The second-order valence-corrected chi connectivity index (χ2v) is 8.20. The van der Waals surface area contributed by atoms with E-state index in [9.17, 15) is 9.18 Å². The molecule has 0 unspecified atom stereocenters. The van der Waals surface area contributed by atoms with Crippen LogP contribution < -0.4 is 9.47 Å². The fourth-order valence-electron chi connectivity index (χ4n) is 4.08. The van der Waals surface area contributed by atoms with Gasteiger partial charge in [-0.05, 0) is 55.8 Å². The third-order valence-corrected chi connectivity index (χ3v) is 6.16. The molecule has 0 aliphatic rings. The first-order chi connectivity index (χ1) is 16.5. The molecule has 1 aromatic heterocycles. The molecule has 0 N–H and O–H groups in total. The highest BCUT2D eigenvalue weighted by Gasteiger charge is 2.20. The minimum Gasteiger partial charge on any atom is -0.496 e. The summed E-state index contributed by atoms with van der Waals surface area (Å²) < 4.78 is 27.3. The van der Waals surface area contributed by atoms with Crippen molar-refractivity contribution in [2.45, 2.75) is 20.4 Å². The summed E-state index contributed by atoms with van der Waals surface area (Å²) in [5.41, 5.74) is 3.31. The van der Waals surface area contributed by atoms with Gasteiger partial charge in [-0.1, -0.05) is 35.9 Å². The summed E-state index contributed by atoms with van der Waals surface area (Å²) in [7, 11) is 1.65. The molecule has 4 aromatic rings. The van der Waals surface area contributed by atoms with Gasteiger partial charge in [-0.25, -0.2) is 9.18 Å². The van der Waals surface area contributed by atoms with E-state index in [1.54, 1.807) is 30.2 Å². The lowest BCUT2D eigenvalue weighted by molar-refractivity contribution is 0.157. The smallest absolute Gasteiger partial charge is 0.415 e. The maximum absolute atomic E-state index is 13.9. The summed E-state index contributed by atoms with van der Waals surface area (Å²) in [6.07, 6.45) is 1.54. The monoisotopic (exact) mass is 480 g/mol. The fraction of sp³-hybridized carbons (Fsp3) is 0.222. The minimum atomic E-state index is -0.506. The summed E-state index contributed by atoms with van der Waals surface area (Å²) in [5, 5.41) is 0.867. The van der Waals surface area contributed by atoms with Crippen LogP contribution in [0.4, 0.5) is 9.18 Å². The number of hydrogen-bond acceptors (Lipinski definition) is 3. The Hall–Kier alpha value is -3.51. The van der Waals surface area contributed by atoms with Gasteiger partial charge in [0.1, 0.15) is 17.3 Å². The van der Waals surface area contributed by atoms with Crippen LogP contribution in [0.1, 0.15) is 19.4 Å². The fourth-order valence-corrected chi connectivity index (χ4v) is 4.26. The molecule has 5 nitrogen and oxygen atoms in total. The zero-order valence-electron chi connectivity index (χ0n) is 19.3. The standard InChI is InChI=1S/C27H26ClFN2O3/c1-4-30(5-2)27(32)34-25-13-12-23-20(26(25)18-10-11-22(29)21(28)16-18)14-15-31(23)17-19-8-6-7-9-24(19)33-3/h6-16H,4-5,17H2,1-3H3. The van der Waals surface area contributed by atoms with E-state index < -0.39 is 11.9 Å². The van der Waals surface area contributed by atoms with Gasteiger partial charge in [-0.3, -0.25) is 0 Å². The molecular formula is C27H26ClFN2O3. The highest BCUT2D eigenvalue weighted by Crippen LogP contribution is 2.39. The van der Waals surface area contributed by atoms with E-state index in [0.717, 1.165) is 22.2 Å². The number of methoxy groups -OCH3 is 1. The number of para-hydroxylation sites is 1. The first-order valence-corrected chi connectivity index (χ1v) is 11.5. The lowest BCUT2D eigenvalue weighted by atomic mass is 10.0. The number of benzene rings is 3. The Morgan fingerprint density at radius 2 is 1.79 bits per heavy atom. The number of hydrogen-bond donors (Lipinski definition) is 0. The van der Waals surface area contributed by atoms with Gasteiger partial charge in [-0.2, -0.15) is 0 Å².